The third-order valence-electron chi connectivity index (χ3n) is 5.52. The van der Waals surface area contributed by atoms with Crippen molar-refractivity contribution in [2.75, 3.05) is 20.2 Å². The van der Waals surface area contributed by atoms with Crippen LogP contribution in [0.3, 0.4) is 0 Å². The smallest absolute Gasteiger partial charge is 0.475 e. The molecule has 212 valence electrons. The lowest BCUT2D eigenvalue weighted by atomic mass is 10.00. The van der Waals surface area contributed by atoms with Crippen molar-refractivity contribution in [2.24, 2.45) is 0 Å². The van der Waals surface area contributed by atoms with Gasteiger partial charge in [-0.2, -0.15) is 26.3 Å². The fourth-order valence-corrected chi connectivity index (χ4v) is 4.56. The maximum absolute atomic E-state index is 10.6. The van der Waals surface area contributed by atoms with Crippen molar-refractivity contribution in [1.29, 1.82) is 0 Å². The molecule has 0 unspecified atom stereocenters. The van der Waals surface area contributed by atoms with Crippen LogP contribution in [0.5, 0.6) is 0 Å². The summed E-state index contributed by atoms with van der Waals surface area (Å²) in [7, 11) is 2.18. The number of rotatable bonds is 5. The Hall–Kier alpha value is -2.89. The van der Waals surface area contributed by atoms with E-state index in [-0.39, 0.29) is 6.10 Å². The molecule has 2 aliphatic rings. The van der Waals surface area contributed by atoms with Crippen molar-refractivity contribution in [3.8, 4) is 0 Å². The maximum atomic E-state index is 10.6. The molecule has 4 heterocycles. The molecule has 0 aromatic carbocycles. The topological polar surface area (TPSA) is 129 Å². The summed E-state index contributed by atoms with van der Waals surface area (Å²) in [5.74, 6) is -5.51. The fraction of sp³-hybridized carbons (Fsp3) is 0.571. The van der Waals surface area contributed by atoms with Crippen LogP contribution in [0.1, 0.15) is 23.4 Å². The van der Waals surface area contributed by atoms with Gasteiger partial charge >= 0.3 is 24.3 Å². The highest BCUT2D eigenvalue weighted by atomic mass is 32.1. The lowest BCUT2D eigenvalue weighted by molar-refractivity contribution is -0.193. The highest BCUT2D eigenvalue weighted by Crippen LogP contribution is 2.33. The number of aliphatic carboxylic acids is 2. The van der Waals surface area contributed by atoms with E-state index in [1.54, 1.807) is 17.7 Å². The van der Waals surface area contributed by atoms with E-state index in [9.17, 15) is 26.3 Å². The van der Waals surface area contributed by atoms with Crippen LogP contribution < -0.4 is 0 Å². The van der Waals surface area contributed by atoms with Crippen LogP contribution in [0.2, 0.25) is 0 Å². The average molecular weight is 574 g/mol. The molecule has 2 aromatic heterocycles. The van der Waals surface area contributed by atoms with Crippen LogP contribution in [0.4, 0.5) is 26.3 Å². The molecule has 17 heteroatoms. The Morgan fingerprint density at radius 3 is 2.21 bits per heavy atom. The number of carbonyl (C=O) groups is 2. The molecule has 0 amide bonds. The molecule has 2 saturated heterocycles. The van der Waals surface area contributed by atoms with Gasteiger partial charge in [0.2, 0.25) is 0 Å². The number of alkyl halides is 6. The number of likely N-dealkylation sites (N-methyl/N-ethyl adjacent to an activating group) is 1. The van der Waals surface area contributed by atoms with Gasteiger partial charge in [0, 0.05) is 55.3 Å². The number of aromatic nitrogens is 3. The van der Waals surface area contributed by atoms with Crippen molar-refractivity contribution < 1.29 is 50.9 Å². The van der Waals surface area contributed by atoms with Crippen LogP contribution in [-0.2, 0) is 27.4 Å². The number of fused-ring (bicyclic) bond motifs is 1. The first-order valence-electron chi connectivity index (χ1n) is 11.0. The van der Waals surface area contributed by atoms with Crippen LogP contribution in [-0.4, -0.2) is 97.6 Å². The van der Waals surface area contributed by atoms with E-state index in [4.69, 9.17) is 24.5 Å². The zero-order chi connectivity index (χ0) is 28.5. The van der Waals surface area contributed by atoms with E-state index >= 15 is 0 Å². The third kappa shape index (κ3) is 9.77. The molecule has 4 rings (SSSR count). The van der Waals surface area contributed by atoms with Gasteiger partial charge in [-0.05, 0) is 19.9 Å². The Balaban J connectivity index is 0.000000301. The van der Waals surface area contributed by atoms with Crippen molar-refractivity contribution >= 4 is 23.3 Å². The van der Waals surface area contributed by atoms with E-state index < -0.39 is 24.3 Å². The van der Waals surface area contributed by atoms with E-state index in [1.807, 2.05) is 18.6 Å². The lowest BCUT2D eigenvalue weighted by Gasteiger charge is -2.34. The largest absolute Gasteiger partial charge is 0.490 e. The normalized spacial score (nSPS) is 21.5. The molecule has 10 nitrogen and oxygen atoms in total. The quantitative estimate of drug-likeness (QED) is 0.515. The maximum Gasteiger partial charge on any atom is 0.490 e. The molecular weight excluding hydrogens is 548 g/mol. The molecule has 0 saturated carbocycles. The Morgan fingerprint density at radius 2 is 1.71 bits per heavy atom. The molecule has 3 atom stereocenters. The molecule has 2 aliphatic heterocycles. The zero-order valence-electron chi connectivity index (χ0n) is 19.9. The van der Waals surface area contributed by atoms with Crippen molar-refractivity contribution in [3.63, 3.8) is 0 Å². The number of ether oxygens (including phenoxy) is 1. The summed E-state index contributed by atoms with van der Waals surface area (Å²) in [4.78, 5) is 35.5. The van der Waals surface area contributed by atoms with Gasteiger partial charge < -0.3 is 14.9 Å². The monoisotopic (exact) mass is 573 g/mol. The Bertz CT molecular complexity index is 988. The molecule has 0 radical (unpaired) electrons. The van der Waals surface area contributed by atoms with Crippen LogP contribution in [0.15, 0.2) is 30.3 Å². The van der Waals surface area contributed by atoms with Crippen molar-refractivity contribution in [1.82, 2.24) is 24.8 Å². The van der Waals surface area contributed by atoms with Gasteiger partial charge in [-0.15, -0.1) is 11.3 Å². The third-order valence-corrected chi connectivity index (χ3v) is 6.29. The van der Waals surface area contributed by atoms with E-state index in [2.05, 4.69) is 37.2 Å². The first-order chi connectivity index (χ1) is 17.7. The number of thiazole rings is 1. The molecule has 0 bridgehead atoms. The van der Waals surface area contributed by atoms with Crippen LogP contribution in [0, 0.1) is 0 Å². The molecule has 2 N–H and O–H groups in total. The summed E-state index contributed by atoms with van der Waals surface area (Å²) < 4.78 is 69.7. The minimum Gasteiger partial charge on any atom is -0.475 e. The molecule has 0 spiro atoms. The number of likely N-dealkylation sites (tertiary alicyclic amines) is 1. The van der Waals surface area contributed by atoms with Gasteiger partial charge in [0.1, 0.15) is 11.3 Å². The van der Waals surface area contributed by atoms with E-state index in [0.717, 1.165) is 38.2 Å². The number of hydrogen-bond donors (Lipinski definition) is 2. The zero-order valence-corrected chi connectivity index (χ0v) is 20.7. The molecule has 38 heavy (non-hydrogen) atoms. The second-order valence-corrected chi connectivity index (χ2v) is 9.21. The average Bonchev–Trinajstić information content (AvgIpc) is 3.48. The van der Waals surface area contributed by atoms with E-state index in [1.165, 1.54) is 11.4 Å². The summed E-state index contributed by atoms with van der Waals surface area (Å²) in [6, 6.07) is 0.901. The summed E-state index contributed by atoms with van der Waals surface area (Å²) in [5, 5.41) is 17.5. The SMILES string of the molecule is CN(Cc1cncnc1)[C@@H]1CN(Cc2nccs2)[C@@H]2CCCO[C@H]12.O=C(O)C(F)(F)F.O=C(O)C(F)(F)F. The molecule has 0 aliphatic carbocycles. The predicted octanol–water partition coefficient (Wildman–Crippen LogP) is 3.06. The minimum absolute atomic E-state index is 0.286. The van der Waals surface area contributed by atoms with Crippen LogP contribution >= 0.6 is 11.3 Å². The number of carboxylic acids is 2. The summed E-state index contributed by atoms with van der Waals surface area (Å²) in [6.07, 6.45) is -0.254. The second-order valence-electron chi connectivity index (χ2n) is 8.24. The number of halogens is 6. The van der Waals surface area contributed by atoms with Gasteiger partial charge in [-0.3, -0.25) is 9.80 Å². The van der Waals surface area contributed by atoms with Crippen molar-refractivity contribution in [2.45, 2.75) is 56.5 Å². The lowest BCUT2D eigenvalue weighted by Crippen LogP contribution is -2.46. The van der Waals surface area contributed by atoms with Gasteiger partial charge in [0.25, 0.3) is 0 Å². The predicted molar refractivity (Wildman–Crippen MR) is 120 cm³/mol. The Morgan fingerprint density at radius 1 is 1.13 bits per heavy atom. The van der Waals surface area contributed by atoms with Gasteiger partial charge in [-0.25, -0.2) is 24.5 Å². The summed E-state index contributed by atoms with van der Waals surface area (Å²) in [6.45, 7) is 3.69. The van der Waals surface area contributed by atoms with Gasteiger partial charge in [0.05, 0.1) is 18.7 Å². The summed E-state index contributed by atoms with van der Waals surface area (Å²) in [5.41, 5.74) is 1.14. The Kier molecular flexibility index (Phi) is 11.4. The number of carboxylic acid groups (broad SMARTS) is 2. The molecule has 2 fully saturated rings. The number of hydrogen-bond acceptors (Lipinski definition) is 9. The molecular formula is C21H25F6N5O5S. The Labute approximate surface area is 216 Å². The van der Waals surface area contributed by atoms with Gasteiger partial charge in [-0.1, -0.05) is 0 Å². The summed E-state index contributed by atoms with van der Waals surface area (Å²) >= 11 is 1.74. The van der Waals surface area contributed by atoms with Crippen molar-refractivity contribution in [3.05, 3.63) is 40.9 Å². The first kappa shape index (κ1) is 31.3. The fourth-order valence-electron chi connectivity index (χ4n) is 3.92. The second kappa shape index (κ2) is 13.8. The standard InChI is InChI=1S/C17H23N5OS.2C2HF3O2/c1-21(9-13-7-18-12-19-8-13)15-10-22(11-16-20-4-6-24-16)14-3-2-5-23-17(14)15;2*3-2(4,5)1(6)7/h4,6-8,12,14-15,17H,2-3,5,9-11H2,1H3;2*(H,6,7)/t14-,15-,17+;;/m1../s1. The minimum atomic E-state index is -5.08. The van der Waals surface area contributed by atoms with Gasteiger partial charge in [0.15, 0.2) is 0 Å². The number of nitrogens with zero attached hydrogens (tertiary/aromatic N) is 5. The molecule has 2 aromatic rings. The first-order valence-corrected chi connectivity index (χ1v) is 11.9. The van der Waals surface area contributed by atoms with E-state index in [0.29, 0.717) is 12.1 Å². The highest BCUT2D eigenvalue weighted by molar-refractivity contribution is 7.09. The van der Waals surface area contributed by atoms with Crippen LogP contribution in [0.25, 0.3) is 0 Å². The highest BCUT2D eigenvalue weighted by Gasteiger charge is 2.45.